The van der Waals surface area contributed by atoms with Gasteiger partial charge < -0.3 is 5.11 Å². The Labute approximate surface area is 98.4 Å². The molecule has 0 saturated heterocycles. The van der Waals surface area contributed by atoms with Gasteiger partial charge in [0.25, 0.3) is 0 Å². The van der Waals surface area contributed by atoms with E-state index in [9.17, 15) is 9.90 Å². The number of aromatic nitrogens is 1. The van der Waals surface area contributed by atoms with E-state index in [0.29, 0.717) is 11.1 Å². The second-order valence-electron chi connectivity index (χ2n) is 3.48. The molecule has 17 heavy (non-hydrogen) atoms. The predicted molar refractivity (Wildman–Crippen MR) is 65.5 cm³/mol. The third kappa shape index (κ3) is 2.32. The lowest BCUT2D eigenvalue weighted by Crippen LogP contribution is -1.91. The fourth-order valence-electron chi connectivity index (χ4n) is 1.45. The van der Waals surface area contributed by atoms with Gasteiger partial charge >= 0.3 is 0 Å². The minimum atomic E-state index is -0.419. The molecule has 1 heterocycles. The highest BCUT2D eigenvalue weighted by atomic mass is 16.3. The van der Waals surface area contributed by atoms with E-state index >= 15 is 0 Å². The molecule has 3 nitrogen and oxygen atoms in total. The van der Waals surface area contributed by atoms with Crippen LogP contribution in [0.1, 0.15) is 5.56 Å². The maximum absolute atomic E-state index is 11.2. The summed E-state index contributed by atoms with van der Waals surface area (Å²) in [6.45, 7) is 0. The average Bonchev–Trinajstić information content (AvgIpc) is 2.52. The van der Waals surface area contributed by atoms with Crippen LogP contribution in [0.5, 0.6) is 5.75 Å². The third-order valence-corrected chi connectivity index (χ3v) is 2.31. The Bertz CT molecular complexity index is 657. The Balaban J connectivity index is 2.62. The van der Waals surface area contributed by atoms with Crippen LogP contribution in [-0.2, 0) is 0 Å². The molecule has 1 aromatic carbocycles. The molecule has 0 spiro atoms. The summed E-state index contributed by atoms with van der Waals surface area (Å²) in [4.78, 5) is 15.2. The Kier molecular flexibility index (Phi) is 2.89. The molecule has 2 aromatic rings. The van der Waals surface area contributed by atoms with E-state index in [0.717, 1.165) is 5.56 Å². The van der Waals surface area contributed by atoms with Gasteiger partial charge in [0.15, 0.2) is 5.75 Å². The van der Waals surface area contributed by atoms with Crippen molar-refractivity contribution in [3.05, 3.63) is 58.5 Å². The molecule has 0 atom stereocenters. The molecular formula is C14H9NO2. The zero-order valence-electron chi connectivity index (χ0n) is 8.92. The number of terminal acetylenes is 1. The molecule has 0 aliphatic rings. The summed E-state index contributed by atoms with van der Waals surface area (Å²) in [6.07, 6.45) is 8.49. The molecule has 82 valence electrons. The zero-order valence-corrected chi connectivity index (χ0v) is 8.92. The summed E-state index contributed by atoms with van der Waals surface area (Å²) in [7, 11) is 0. The van der Waals surface area contributed by atoms with Crippen LogP contribution in [0.3, 0.4) is 0 Å². The van der Waals surface area contributed by atoms with Gasteiger partial charge in [0.1, 0.15) is 0 Å². The number of aromatic hydroxyl groups is 1. The Morgan fingerprint density at radius 3 is 2.76 bits per heavy atom. The summed E-state index contributed by atoms with van der Waals surface area (Å²) in [5.41, 5.74) is 1.67. The molecule has 0 amide bonds. The van der Waals surface area contributed by atoms with E-state index in [1.165, 1.54) is 12.1 Å². The first-order chi connectivity index (χ1) is 8.20. The minimum absolute atomic E-state index is 0.295. The number of rotatable bonds is 1. The highest BCUT2D eigenvalue weighted by Crippen LogP contribution is 2.20. The van der Waals surface area contributed by atoms with E-state index < -0.39 is 5.43 Å². The van der Waals surface area contributed by atoms with Gasteiger partial charge in [-0.2, -0.15) is 0 Å². The van der Waals surface area contributed by atoms with E-state index in [2.05, 4.69) is 10.9 Å². The molecule has 0 saturated carbocycles. The number of hydrogen-bond donors (Lipinski definition) is 1. The van der Waals surface area contributed by atoms with Crippen LogP contribution in [-0.4, -0.2) is 10.1 Å². The van der Waals surface area contributed by atoms with Crippen LogP contribution in [0, 0.1) is 12.3 Å². The summed E-state index contributed by atoms with van der Waals surface area (Å²) in [6, 6.07) is 7.78. The van der Waals surface area contributed by atoms with Gasteiger partial charge in [-0.25, -0.2) is 0 Å². The van der Waals surface area contributed by atoms with Crippen molar-refractivity contribution >= 4 is 0 Å². The molecule has 3 heteroatoms. The normalized spacial score (nSPS) is 9.59. The standard InChI is InChI=1S/C14H9NO2/c1-2-10-6-12(9-15-8-10)11-4-3-5-13(16)14(17)7-11/h1,3-9H,(H,16,17). The molecule has 2 rings (SSSR count). The molecule has 0 aliphatic carbocycles. The molecule has 1 aromatic heterocycles. The minimum Gasteiger partial charge on any atom is -0.504 e. The number of nitrogens with zero attached hydrogens (tertiary/aromatic N) is 1. The first-order valence-corrected chi connectivity index (χ1v) is 4.96. The van der Waals surface area contributed by atoms with Gasteiger partial charge in [-0.3, -0.25) is 9.78 Å². The Hall–Kier alpha value is -2.60. The molecule has 0 fully saturated rings. The van der Waals surface area contributed by atoms with Crippen LogP contribution in [0.4, 0.5) is 0 Å². The van der Waals surface area contributed by atoms with Gasteiger partial charge in [-0.05, 0) is 23.8 Å². The molecule has 1 N–H and O–H groups in total. The van der Waals surface area contributed by atoms with E-state index in [-0.39, 0.29) is 5.75 Å². The topological polar surface area (TPSA) is 50.2 Å². The lowest BCUT2D eigenvalue weighted by Gasteiger charge is -1.99. The monoisotopic (exact) mass is 223 g/mol. The highest BCUT2D eigenvalue weighted by molar-refractivity contribution is 5.64. The van der Waals surface area contributed by atoms with Gasteiger partial charge in [-0.15, -0.1) is 6.42 Å². The Morgan fingerprint density at radius 2 is 2.00 bits per heavy atom. The smallest absolute Gasteiger partial charge is 0.220 e. The van der Waals surface area contributed by atoms with Gasteiger partial charge in [0.2, 0.25) is 5.43 Å². The lowest BCUT2D eigenvalue weighted by molar-refractivity contribution is 0.471. The molecular weight excluding hydrogens is 214 g/mol. The van der Waals surface area contributed by atoms with E-state index in [4.69, 9.17) is 6.42 Å². The van der Waals surface area contributed by atoms with Crippen molar-refractivity contribution in [2.45, 2.75) is 0 Å². The third-order valence-electron chi connectivity index (χ3n) is 2.31. The summed E-state index contributed by atoms with van der Waals surface area (Å²) >= 11 is 0. The van der Waals surface area contributed by atoms with Crippen LogP contribution in [0.25, 0.3) is 11.1 Å². The van der Waals surface area contributed by atoms with Crippen LogP contribution >= 0.6 is 0 Å². The van der Waals surface area contributed by atoms with Crippen LogP contribution in [0.2, 0.25) is 0 Å². The average molecular weight is 223 g/mol. The van der Waals surface area contributed by atoms with Crippen LogP contribution in [0.15, 0.2) is 47.5 Å². The quantitative estimate of drug-likeness (QED) is 0.750. The van der Waals surface area contributed by atoms with Crippen molar-refractivity contribution < 1.29 is 5.11 Å². The van der Waals surface area contributed by atoms with Crippen molar-refractivity contribution in [2.24, 2.45) is 0 Å². The fourth-order valence-corrected chi connectivity index (χ4v) is 1.45. The zero-order chi connectivity index (χ0) is 12.3. The fraction of sp³-hybridized carbons (Fsp3) is 0. The first kappa shape index (κ1) is 10.9. The van der Waals surface area contributed by atoms with Crippen molar-refractivity contribution in [3.8, 4) is 29.2 Å². The largest absolute Gasteiger partial charge is 0.504 e. The molecule has 0 radical (unpaired) electrons. The highest BCUT2D eigenvalue weighted by Gasteiger charge is 2.01. The number of pyridine rings is 1. The second kappa shape index (κ2) is 4.50. The SMILES string of the molecule is C#Cc1cncc(-c2cccc(=O)c(O)c2)c1. The van der Waals surface area contributed by atoms with E-state index in [1.807, 2.05) is 0 Å². The lowest BCUT2D eigenvalue weighted by atomic mass is 10.1. The van der Waals surface area contributed by atoms with E-state index in [1.54, 1.807) is 30.6 Å². The van der Waals surface area contributed by atoms with Gasteiger partial charge in [0.05, 0.1) is 0 Å². The van der Waals surface area contributed by atoms with Crippen LogP contribution < -0.4 is 5.43 Å². The molecule has 0 aliphatic heterocycles. The van der Waals surface area contributed by atoms with Gasteiger partial charge in [0, 0.05) is 23.5 Å². The van der Waals surface area contributed by atoms with Crippen molar-refractivity contribution in [2.75, 3.05) is 0 Å². The van der Waals surface area contributed by atoms with Crippen molar-refractivity contribution in [1.82, 2.24) is 4.98 Å². The van der Waals surface area contributed by atoms with Crippen molar-refractivity contribution in [3.63, 3.8) is 0 Å². The van der Waals surface area contributed by atoms with Crippen molar-refractivity contribution in [1.29, 1.82) is 0 Å². The summed E-state index contributed by atoms with van der Waals surface area (Å²) < 4.78 is 0. The number of hydrogen-bond acceptors (Lipinski definition) is 3. The van der Waals surface area contributed by atoms with Gasteiger partial charge in [-0.1, -0.05) is 18.1 Å². The molecule has 0 unspecified atom stereocenters. The first-order valence-electron chi connectivity index (χ1n) is 4.96. The summed E-state index contributed by atoms with van der Waals surface area (Å²) in [5.74, 6) is 2.19. The predicted octanol–water partition coefficient (Wildman–Crippen LogP) is 1.80. The maximum Gasteiger partial charge on any atom is 0.220 e. The summed E-state index contributed by atoms with van der Waals surface area (Å²) in [5, 5.41) is 9.47. The molecule has 0 bridgehead atoms. The second-order valence-corrected chi connectivity index (χ2v) is 3.48. The maximum atomic E-state index is 11.2. The Morgan fingerprint density at radius 1 is 1.18 bits per heavy atom.